The predicted octanol–water partition coefficient (Wildman–Crippen LogP) is 0.358. The topological polar surface area (TPSA) is 61.4 Å². The second-order valence-electron chi connectivity index (χ2n) is 5.13. The number of piperidine rings is 1. The summed E-state index contributed by atoms with van der Waals surface area (Å²) in [5.74, 6) is 0.215. The molecule has 2 N–H and O–H groups in total. The molecule has 5 nitrogen and oxygen atoms in total. The van der Waals surface area contributed by atoms with Gasteiger partial charge in [0.05, 0.1) is 6.04 Å². The molecule has 0 saturated carbocycles. The quantitative estimate of drug-likeness (QED) is 0.762. The molecule has 0 aromatic rings. The van der Waals surface area contributed by atoms with Crippen molar-refractivity contribution < 1.29 is 9.59 Å². The molecule has 0 radical (unpaired) electrons. The molecule has 0 spiro atoms. The molecule has 18 heavy (non-hydrogen) atoms. The van der Waals surface area contributed by atoms with Gasteiger partial charge in [-0.05, 0) is 39.2 Å². The number of hydrogen-bond acceptors (Lipinski definition) is 3. The molecule has 0 aromatic carbocycles. The molecular weight excluding hydrogens is 230 g/mol. The molecule has 1 fully saturated rings. The summed E-state index contributed by atoms with van der Waals surface area (Å²) in [5.41, 5.74) is 0. The van der Waals surface area contributed by atoms with Crippen molar-refractivity contribution in [3.8, 4) is 0 Å². The largest absolute Gasteiger partial charge is 0.344 e. The predicted molar refractivity (Wildman–Crippen MR) is 71.1 cm³/mol. The Hall–Kier alpha value is -1.10. The summed E-state index contributed by atoms with van der Waals surface area (Å²) in [5, 5.41) is 6.02. The highest BCUT2D eigenvalue weighted by atomic mass is 16.2. The number of nitrogens with zero attached hydrogens (tertiary/aromatic N) is 1. The number of carbonyl (C=O) groups is 2. The van der Waals surface area contributed by atoms with E-state index in [1.165, 1.54) is 0 Å². The Morgan fingerprint density at radius 1 is 1.50 bits per heavy atom. The number of rotatable bonds is 4. The van der Waals surface area contributed by atoms with Crippen LogP contribution in [0, 0.1) is 5.92 Å². The maximum absolute atomic E-state index is 12.1. The Bertz CT molecular complexity index is 307. The number of carbonyl (C=O) groups excluding carboxylic acids is 2. The molecule has 1 aliphatic heterocycles. The van der Waals surface area contributed by atoms with Crippen molar-refractivity contribution in [3.05, 3.63) is 0 Å². The zero-order valence-electron chi connectivity index (χ0n) is 11.8. The lowest BCUT2D eigenvalue weighted by Crippen LogP contribution is -2.55. The molecule has 3 atom stereocenters. The van der Waals surface area contributed by atoms with Crippen LogP contribution in [-0.2, 0) is 9.59 Å². The lowest BCUT2D eigenvalue weighted by atomic mass is 9.92. The Labute approximate surface area is 109 Å². The minimum atomic E-state index is -0.460. The fourth-order valence-corrected chi connectivity index (χ4v) is 2.25. The van der Waals surface area contributed by atoms with Crippen LogP contribution in [0.2, 0.25) is 0 Å². The Morgan fingerprint density at radius 2 is 2.17 bits per heavy atom. The van der Waals surface area contributed by atoms with Crippen LogP contribution >= 0.6 is 0 Å². The fraction of sp³-hybridized carbons (Fsp3) is 0.846. The van der Waals surface area contributed by atoms with Gasteiger partial charge in [0.2, 0.25) is 11.8 Å². The van der Waals surface area contributed by atoms with Gasteiger partial charge in [0, 0.05) is 13.6 Å². The molecule has 1 heterocycles. The van der Waals surface area contributed by atoms with E-state index < -0.39 is 6.04 Å². The van der Waals surface area contributed by atoms with Gasteiger partial charge in [-0.1, -0.05) is 6.92 Å². The first-order valence-corrected chi connectivity index (χ1v) is 6.76. The number of hydrogen-bond donors (Lipinski definition) is 2. The van der Waals surface area contributed by atoms with Crippen molar-refractivity contribution in [2.45, 2.75) is 45.7 Å². The minimum Gasteiger partial charge on any atom is -0.344 e. The van der Waals surface area contributed by atoms with Gasteiger partial charge in [0.1, 0.15) is 6.04 Å². The molecule has 1 saturated heterocycles. The van der Waals surface area contributed by atoms with Crippen LogP contribution in [0.4, 0.5) is 0 Å². The van der Waals surface area contributed by atoms with E-state index in [2.05, 4.69) is 17.6 Å². The monoisotopic (exact) mass is 255 g/mol. The Kier molecular flexibility index (Phi) is 5.59. The van der Waals surface area contributed by atoms with Crippen molar-refractivity contribution in [1.82, 2.24) is 15.5 Å². The van der Waals surface area contributed by atoms with Crippen molar-refractivity contribution in [1.29, 1.82) is 0 Å². The zero-order chi connectivity index (χ0) is 13.7. The van der Waals surface area contributed by atoms with Crippen LogP contribution in [0.5, 0.6) is 0 Å². The maximum atomic E-state index is 12.1. The van der Waals surface area contributed by atoms with E-state index in [4.69, 9.17) is 0 Å². The van der Waals surface area contributed by atoms with E-state index in [-0.39, 0.29) is 17.9 Å². The smallest absolute Gasteiger partial charge is 0.244 e. The second kappa shape index (κ2) is 6.73. The third kappa shape index (κ3) is 3.70. The normalized spacial score (nSPS) is 25.3. The summed E-state index contributed by atoms with van der Waals surface area (Å²) in [4.78, 5) is 25.6. The molecule has 0 bridgehead atoms. The lowest BCUT2D eigenvalue weighted by molar-refractivity contribution is -0.135. The summed E-state index contributed by atoms with van der Waals surface area (Å²) in [7, 11) is 1.74. The number of nitrogens with one attached hydrogen (secondary N) is 2. The van der Waals surface area contributed by atoms with Gasteiger partial charge in [-0.2, -0.15) is 0 Å². The van der Waals surface area contributed by atoms with Crippen LogP contribution in [0.15, 0.2) is 0 Å². The highest BCUT2D eigenvalue weighted by Gasteiger charge is 2.29. The standard InChI is InChI=1S/C13H25N3O2/c1-5-16(4)13(18)10(3)15-12(17)11-9(2)7-6-8-14-11/h9-11,14H,5-8H2,1-4H3,(H,15,17). The fourth-order valence-electron chi connectivity index (χ4n) is 2.25. The van der Waals surface area contributed by atoms with Crippen LogP contribution < -0.4 is 10.6 Å². The van der Waals surface area contributed by atoms with E-state index in [0.29, 0.717) is 12.5 Å². The van der Waals surface area contributed by atoms with Gasteiger partial charge in [0.25, 0.3) is 0 Å². The van der Waals surface area contributed by atoms with E-state index in [0.717, 1.165) is 19.4 Å². The van der Waals surface area contributed by atoms with Gasteiger partial charge in [-0.3, -0.25) is 9.59 Å². The van der Waals surface area contributed by atoms with Crippen LogP contribution in [0.25, 0.3) is 0 Å². The van der Waals surface area contributed by atoms with Crippen molar-refractivity contribution >= 4 is 11.8 Å². The molecule has 1 rings (SSSR count). The van der Waals surface area contributed by atoms with Crippen LogP contribution in [0.3, 0.4) is 0 Å². The van der Waals surface area contributed by atoms with Crippen molar-refractivity contribution in [2.24, 2.45) is 5.92 Å². The molecule has 104 valence electrons. The highest BCUT2D eigenvalue weighted by molar-refractivity contribution is 5.89. The van der Waals surface area contributed by atoms with Gasteiger partial charge in [-0.25, -0.2) is 0 Å². The molecular formula is C13H25N3O2. The summed E-state index contributed by atoms with van der Waals surface area (Å²) in [6.07, 6.45) is 2.17. The first kappa shape index (κ1) is 15.0. The number of amides is 2. The van der Waals surface area contributed by atoms with E-state index in [1.54, 1.807) is 18.9 Å². The average molecular weight is 255 g/mol. The molecule has 0 aromatic heterocycles. The van der Waals surface area contributed by atoms with Gasteiger partial charge in [0.15, 0.2) is 0 Å². The summed E-state index contributed by atoms with van der Waals surface area (Å²) in [6.45, 7) is 7.24. The minimum absolute atomic E-state index is 0.0469. The summed E-state index contributed by atoms with van der Waals surface area (Å²) in [6, 6.07) is -0.626. The Balaban J connectivity index is 2.50. The zero-order valence-corrected chi connectivity index (χ0v) is 11.8. The number of likely N-dealkylation sites (N-methyl/N-ethyl adjacent to an activating group) is 1. The first-order chi connectivity index (χ1) is 8.47. The lowest BCUT2D eigenvalue weighted by Gasteiger charge is -2.30. The molecule has 3 unspecified atom stereocenters. The van der Waals surface area contributed by atoms with Crippen molar-refractivity contribution in [3.63, 3.8) is 0 Å². The van der Waals surface area contributed by atoms with E-state index in [1.807, 2.05) is 6.92 Å². The Morgan fingerprint density at radius 3 is 2.72 bits per heavy atom. The average Bonchev–Trinajstić information content (AvgIpc) is 2.37. The third-order valence-corrected chi connectivity index (χ3v) is 3.63. The first-order valence-electron chi connectivity index (χ1n) is 6.76. The van der Waals surface area contributed by atoms with Gasteiger partial charge in [-0.15, -0.1) is 0 Å². The van der Waals surface area contributed by atoms with Gasteiger partial charge >= 0.3 is 0 Å². The van der Waals surface area contributed by atoms with Crippen LogP contribution in [-0.4, -0.2) is 48.9 Å². The molecule has 1 aliphatic rings. The maximum Gasteiger partial charge on any atom is 0.244 e. The molecule has 5 heteroatoms. The summed E-state index contributed by atoms with van der Waals surface area (Å²) >= 11 is 0. The van der Waals surface area contributed by atoms with Crippen LogP contribution in [0.1, 0.15) is 33.6 Å². The highest BCUT2D eigenvalue weighted by Crippen LogP contribution is 2.15. The summed E-state index contributed by atoms with van der Waals surface area (Å²) < 4.78 is 0. The third-order valence-electron chi connectivity index (χ3n) is 3.63. The van der Waals surface area contributed by atoms with Gasteiger partial charge < -0.3 is 15.5 Å². The molecule has 2 amide bonds. The molecule has 0 aliphatic carbocycles. The van der Waals surface area contributed by atoms with E-state index in [9.17, 15) is 9.59 Å². The van der Waals surface area contributed by atoms with Crippen molar-refractivity contribution in [2.75, 3.05) is 20.1 Å². The SMILES string of the molecule is CCN(C)C(=O)C(C)NC(=O)C1NCCCC1C. The van der Waals surface area contributed by atoms with E-state index >= 15 is 0 Å². The second-order valence-corrected chi connectivity index (χ2v) is 5.13.